The second-order valence-electron chi connectivity index (χ2n) is 12.0. The van der Waals surface area contributed by atoms with Crippen molar-refractivity contribution in [3.05, 3.63) is 158 Å². The predicted octanol–water partition coefficient (Wildman–Crippen LogP) is 12.3. The molecule has 0 fully saturated rings. The van der Waals surface area contributed by atoms with Gasteiger partial charge >= 0.3 is 0 Å². The topological polar surface area (TPSA) is 42.4 Å². The number of hydrogen-bond donors (Lipinski definition) is 0. The van der Waals surface area contributed by atoms with E-state index in [0.29, 0.717) is 0 Å². The molecule has 0 bridgehead atoms. The van der Waals surface area contributed by atoms with Gasteiger partial charge in [-0.1, -0.05) is 91.0 Å². The molecule has 4 heteroatoms. The van der Waals surface area contributed by atoms with Crippen molar-refractivity contribution in [3.8, 4) is 11.3 Å². The van der Waals surface area contributed by atoms with Gasteiger partial charge < -0.3 is 13.7 Å². The van der Waals surface area contributed by atoms with Gasteiger partial charge in [-0.2, -0.15) is 0 Å². The Hall–Kier alpha value is -6.39. The average Bonchev–Trinajstić information content (AvgIpc) is 3.70. The number of fused-ring (bicyclic) bond motifs is 9. The van der Waals surface area contributed by atoms with Crippen molar-refractivity contribution in [3.63, 3.8) is 0 Å². The molecule has 0 aliphatic carbocycles. The summed E-state index contributed by atoms with van der Waals surface area (Å²) in [6, 6.07) is 53.0. The van der Waals surface area contributed by atoms with Crippen LogP contribution in [0.5, 0.6) is 0 Å². The monoisotopic (exact) mass is 602 g/mol. The first kappa shape index (κ1) is 25.9. The maximum Gasteiger partial charge on any atom is 0.143 e. The van der Waals surface area contributed by atoms with E-state index in [1.54, 1.807) is 0 Å². The van der Waals surface area contributed by atoms with Gasteiger partial charge in [-0.25, -0.2) is 0 Å². The summed E-state index contributed by atoms with van der Waals surface area (Å²) in [5.41, 5.74) is 8.57. The smallest absolute Gasteiger partial charge is 0.143 e. The summed E-state index contributed by atoms with van der Waals surface area (Å²) < 4.78 is 12.8. The van der Waals surface area contributed by atoms with Crippen LogP contribution in [-0.4, -0.2) is 4.98 Å². The third kappa shape index (κ3) is 4.12. The fourth-order valence-corrected chi connectivity index (χ4v) is 6.96. The zero-order valence-corrected chi connectivity index (χ0v) is 25.2. The van der Waals surface area contributed by atoms with Gasteiger partial charge in [-0.05, 0) is 70.8 Å². The molecule has 3 aromatic heterocycles. The first-order valence-corrected chi connectivity index (χ1v) is 15.8. The molecule has 7 aromatic carbocycles. The molecule has 4 nitrogen and oxygen atoms in total. The van der Waals surface area contributed by atoms with Crippen LogP contribution in [0.3, 0.4) is 0 Å². The standard InChI is InChI=1S/C43H26N2O2/c1-2-9-29(10-3-1)39-25-42-38(26-44-39)35-20-16-28-15-18-32(23-36(28)43(35)47-42)45(31-17-14-27-8-4-5-11-30(27)22-31)33-19-21-41-37(24-33)34-12-6-7-13-40(34)46-41/h1-26H. The fourth-order valence-electron chi connectivity index (χ4n) is 6.96. The molecule has 0 radical (unpaired) electrons. The highest BCUT2D eigenvalue weighted by molar-refractivity contribution is 6.16. The lowest BCUT2D eigenvalue weighted by molar-refractivity contribution is 0.669. The van der Waals surface area contributed by atoms with E-state index in [0.717, 1.165) is 83.0 Å². The van der Waals surface area contributed by atoms with Crippen molar-refractivity contribution in [2.75, 3.05) is 4.90 Å². The lowest BCUT2D eigenvalue weighted by Gasteiger charge is -2.26. The SMILES string of the molecule is c1ccc(-c2cc3oc4c5cc(N(c6ccc7ccccc7c6)c6ccc7oc8ccccc8c7c6)ccc5ccc4c3cn2)cc1. The van der Waals surface area contributed by atoms with Gasteiger partial charge in [0, 0.05) is 61.8 Å². The minimum atomic E-state index is 0.829. The minimum Gasteiger partial charge on any atom is -0.456 e. The third-order valence-electron chi connectivity index (χ3n) is 9.26. The Morgan fingerprint density at radius 2 is 1.09 bits per heavy atom. The highest BCUT2D eigenvalue weighted by atomic mass is 16.3. The molecule has 0 unspecified atom stereocenters. The third-order valence-corrected chi connectivity index (χ3v) is 9.26. The summed E-state index contributed by atoms with van der Waals surface area (Å²) in [4.78, 5) is 7.12. The number of furan rings is 2. The molecule has 0 spiro atoms. The van der Waals surface area contributed by atoms with Gasteiger partial charge in [0.1, 0.15) is 22.3 Å². The van der Waals surface area contributed by atoms with Crippen molar-refractivity contribution >= 4 is 82.5 Å². The summed E-state index contributed by atoms with van der Waals surface area (Å²) in [5.74, 6) is 0. The van der Waals surface area contributed by atoms with Crippen molar-refractivity contribution in [2.45, 2.75) is 0 Å². The van der Waals surface area contributed by atoms with Crippen molar-refractivity contribution in [1.29, 1.82) is 0 Å². The van der Waals surface area contributed by atoms with E-state index in [-0.39, 0.29) is 0 Å². The second kappa shape index (κ2) is 10.1. The molecule has 0 aliphatic heterocycles. The van der Waals surface area contributed by atoms with Crippen LogP contribution < -0.4 is 4.90 Å². The zero-order valence-electron chi connectivity index (χ0n) is 25.2. The maximum atomic E-state index is 6.66. The van der Waals surface area contributed by atoms with E-state index in [9.17, 15) is 0 Å². The van der Waals surface area contributed by atoms with Crippen LogP contribution in [0.4, 0.5) is 17.1 Å². The summed E-state index contributed by atoms with van der Waals surface area (Å²) in [7, 11) is 0. The molecule has 0 N–H and O–H groups in total. The Bertz CT molecular complexity index is 2810. The van der Waals surface area contributed by atoms with Gasteiger partial charge in [-0.15, -0.1) is 0 Å². The van der Waals surface area contributed by atoms with Crippen LogP contribution in [0.2, 0.25) is 0 Å². The maximum absolute atomic E-state index is 6.66. The van der Waals surface area contributed by atoms with Crippen molar-refractivity contribution in [2.24, 2.45) is 0 Å². The lowest BCUT2D eigenvalue weighted by atomic mass is 10.0. The quantitative estimate of drug-likeness (QED) is 0.201. The Kier molecular flexibility index (Phi) is 5.54. The Morgan fingerprint density at radius 3 is 1.98 bits per heavy atom. The van der Waals surface area contributed by atoms with Crippen LogP contribution in [0.15, 0.2) is 167 Å². The largest absolute Gasteiger partial charge is 0.456 e. The first-order valence-electron chi connectivity index (χ1n) is 15.8. The first-order chi connectivity index (χ1) is 23.3. The minimum absolute atomic E-state index is 0.829. The molecule has 0 saturated heterocycles. The number of anilines is 3. The van der Waals surface area contributed by atoms with Crippen molar-refractivity contribution < 1.29 is 8.83 Å². The summed E-state index contributed by atoms with van der Waals surface area (Å²) in [5, 5.41) is 8.82. The van der Waals surface area contributed by atoms with E-state index >= 15 is 0 Å². The molecule has 47 heavy (non-hydrogen) atoms. The average molecular weight is 603 g/mol. The fraction of sp³-hybridized carbons (Fsp3) is 0. The normalized spacial score (nSPS) is 11.8. The summed E-state index contributed by atoms with van der Waals surface area (Å²) in [6.45, 7) is 0. The van der Waals surface area contributed by atoms with Gasteiger partial charge in [0.15, 0.2) is 0 Å². The van der Waals surface area contributed by atoms with Gasteiger partial charge in [-0.3, -0.25) is 4.98 Å². The number of nitrogens with zero attached hydrogens (tertiary/aromatic N) is 2. The Labute approximate surface area is 269 Å². The molecule has 0 aliphatic rings. The predicted molar refractivity (Wildman–Crippen MR) is 194 cm³/mol. The van der Waals surface area contributed by atoms with Crippen LogP contribution in [0.1, 0.15) is 0 Å². The van der Waals surface area contributed by atoms with Gasteiger partial charge in [0.2, 0.25) is 0 Å². The number of aromatic nitrogens is 1. The highest BCUT2D eigenvalue weighted by Gasteiger charge is 2.18. The van der Waals surface area contributed by atoms with Crippen LogP contribution in [0.25, 0.3) is 76.7 Å². The van der Waals surface area contributed by atoms with E-state index < -0.39 is 0 Å². The van der Waals surface area contributed by atoms with Crippen LogP contribution in [0, 0.1) is 0 Å². The van der Waals surface area contributed by atoms with Crippen molar-refractivity contribution in [1.82, 2.24) is 4.98 Å². The number of benzene rings is 7. The summed E-state index contributed by atoms with van der Waals surface area (Å²) in [6.07, 6.45) is 1.94. The molecular weight excluding hydrogens is 576 g/mol. The molecule has 3 heterocycles. The van der Waals surface area contributed by atoms with Gasteiger partial charge in [0.05, 0.1) is 5.69 Å². The number of hydrogen-bond acceptors (Lipinski definition) is 4. The Balaban J connectivity index is 1.20. The molecule has 0 saturated carbocycles. The lowest BCUT2D eigenvalue weighted by Crippen LogP contribution is -2.09. The van der Waals surface area contributed by atoms with Gasteiger partial charge in [0.25, 0.3) is 0 Å². The molecular formula is C43H26N2O2. The number of para-hydroxylation sites is 1. The van der Waals surface area contributed by atoms with E-state index in [1.165, 1.54) is 10.8 Å². The molecule has 10 rings (SSSR count). The second-order valence-corrected chi connectivity index (χ2v) is 12.0. The molecule has 220 valence electrons. The molecule has 0 atom stereocenters. The number of rotatable bonds is 4. The van der Waals surface area contributed by atoms with Crippen LogP contribution in [-0.2, 0) is 0 Å². The van der Waals surface area contributed by atoms with Crippen LogP contribution >= 0.6 is 0 Å². The zero-order chi connectivity index (χ0) is 30.9. The van der Waals surface area contributed by atoms with E-state index in [4.69, 9.17) is 13.8 Å². The molecule has 10 aromatic rings. The number of pyridine rings is 1. The molecule has 0 amide bonds. The van der Waals surface area contributed by atoms with E-state index in [2.05, 4.69) is 120 Å². The summed E-state index contributed by atoms with van der Waals surface area (Å²) >= 11 is 0. The Morgan fingerprint density at radius 1 is 0.404 bits per heavy atom. The highest BCUT2D eigenvalue weighted by Crippen LogP contribution is 2.42. The van der Waals surface area contributed by atoms with E-state index in [1.807, 2.05) is 42.6 Å².